The highest BCUT2D eigenvalue weighted by atomic mass is 127. The highest BCUT2D eigenvalue weighted by Gasteiger charge is 2.32. The Morgan fingerprint density at radius 2 is 1.89 bits per heavy atom. The highest BCUT2D eigenvalue weighted by molar-refractivity contribution is 14.0. The van der Waals surface area contributed by atoms with Crippen molar-refractivity contribution in [2.24, 2.45) is 4.99 Å². The maximum Gasteiger partial charge on any atom is 0.191 e. The van der Waals surface area contributed by atoms with E-state index in [1.165, 1.54) is 16.3 Å². The molecule has 0 saturated carbocycles. The summed E-state index contributed by atoms with van der Waals surface area (Å²) in [6, 6.07) is 15.0. The SMILES string of the molecule is CN=C(NCC1(OC)CCOCC1)NC(C)c1cccc2ccccc12.I. The number of guanidine groups is 1. The van der Waals surface area contributed by atoms with Crippen molar-refractivity contribution in [3.63, 3.8) is 0 Å². The van der Waals surface area contributed by atoms with Gasteiger partial charge in [0.15, 0.2) is 5.96 Å². The van der Waals surface area contributed by atoms with Gasteiger partial charge in [-0.05, 0) is 23.3 Å². The van der Waals surface area contributed by atoms with Gasteiger partial charge in [0, 0.05) is 46.8 Å². The molecule has 0 aromatic heterocycles. The maximum absolute atomic E-state index is 5.80. The summed E-state index contributed by atoms with van der Waals surface area (Å²) in [6.45, 7) is 4.37. The number of aliphatic imine (C=N–C) groups is 1. The van der Waals surface area contributed by atoms with E-state index in [-0.39, 0.29) is 35.6 Å². The summed E-state index contributed by atoms with van der Waals surface area (Å²) >= 11 is 0. The number of methoxy groups -OCH3 is 1. The molecule has 1 saturated heterocycles. The second-order valence-corrected chi connectivity index (χ2v) is 6.86. The van der Waals surface area contributed by atoms with Crippen LogP contribution in [-0.2, 0) is 9.47 Å². The molecule has 1 aliphatic rings. The zero-order chi connectivity index (χ0) is 18.4. The van der Waals surface area contributed by atoms with Crippen LogP contribution in [0, 0.1) is 0 Å². The first-order chi connectivity index (χ1) is 12.7. The molecule has 5 nitrogen and oxygen atoms in total. The molecule has 0 radical (unpaired) electrons. The topological polar surface area (TPSA) is 54.9 Å². The summed E-state index contributed by atoms with van der Waals surface area (Å²) in [5.41, 5.74) is 1.08. The van der Waals surface area contributed by atoms with Crippen molar-refractivity contribution >= 4 is 40.7 Å². The molecule has 2 aromatic rings. The third kappa shape index (κ3) is 5.33. The Hall–Kier alpha value is -1.38. The Morgan fingerprint density at radius 3 is 2.59 bits per heavy atom. The van der Waals surface area contributed by atoms with Crippen molar-refractivity contribution in [3.8, 4) is 0 Å². The van der Waals surface area contributed by atoms with Crippen molar-refractivity contribution in [3.05, 3.63) is 48.0 Å². The normalized spacial score (nSPS) is 17.8. The number of fused-ring (bicyclic) bond motifs is 1. The molecule has 27 heavy (non-hydrogen) atoms. The van der Waals surface area contributed by atoms with Crippen LogP contribution in [0.3, 0.4) is 0 Å². The van der Waals surface area contributed by atoms with Crippen LogP contribution in [0.15, 0.2) is 47.5 Å². The van der Waals surface area contributed by atoms with Crippen LogP contribution < -0.4 is 10.6 Å². The predicted octanol–water partition coefficient (Wildman–Crippen LogP) is 3.88. The number of benzene rings is 2. The largest absolute Gasteiger partial charge is 0.381 e. The molecule has 3 rings (SSSR count). The summed E-state index contributed by atoms with van der Waals surface area (Å²) < 4.78 is 11.3. The van der Waals surface area contributed by atoms with Gasteiger partial charge in [0.05, 0.1) is 11.6 Å². The molecule has 148 valence electrons. The van der Waals surface area contributed by atoms with E-state index in [1.807, 2.05) is 0 Å². The van der Waals surface area contributed by atoms with Crippen LogP contribution >= 0.6 is 24.0 Å². The van der Waals surface area contributed by atoms with Crippen LogP contribution in [-0.4, -0.2) is 45.5 Å². The van der Waals surface area contributed by atoms with Crippen LogP contribution in [0.2, 0.25) is 0 Å². The third-order valence-electron chi connectivity index (χ3n) is 5.28. The maximum atomic E-state index is 5.80. The minimum Gasteiger partial charge on any atom is -0.381 e. The first kappa shape index (κ1) is 21.9. The van der Waals surface area contributed by atoms with Gasteiger partial charge in [-0.25, -0.2) is 0 Å². The number of nitrogens with one attached hydrogen (secondary N) is 2. The van der Waals surface area contributed by atoms with Gasteiger partial charge in [-0.1, -0.05) is 42.5 Å². The first-order valence-corrected chi connectivity index (χ1v) is 9.25. The highest BCUT2D eigenvalue weighted by Crippen LogP contribution is 2.25. The lowest BCUT2D eigenvalue weighted by atomic mass is 9.94. The number of hydrogen-bond donors (Lipinski definition) is 2. The van der Waals surface area contributed by atoms with E-state index in [1.54, 1.807) is 14.2 Å². The second kappa shape index (κ2) is 10.2. The van der Waals surface area contributed by atoms with Gasteiger partial charge in [-0.3, -0.25) is 4.99 Å². The zero-order valence-electron chi connectivity index (χ0n) is 16.3. The number of hydrogen-bond acceptors (Lipinski definition) is 3. The Balaban J connectivity index is 0.00000261. The molecular formula is C21H30IN3O2. The van der Waals surface area contributed by atoms with Gasteiger partial charge in [0.2, 0.25) is 0 Å². The molecule has 1 heterocycles. The minimum absolute atomic E-state index is 0. The summed E-state index contributed by atoms with van der Waals surface area (Å²) in [5.74, 6) is 0.786. The smallest absolute Gasteiger partial charge is 0.191 e. The molecule has 0 amide bonds. The van der Waals surface area contributed by atoms with Crippen molar-refractivity contribution in [2.75, 3.05) is 33.9 Å². The third-order valence-corrected chi connectivity index (χ3v) is 5.28. The van der Waals surface area contributed by atoms with E-state index in [0.717, 1.165) is 38.6 Å². The predicted molar refractivity (Wildman–Crippen MR) is 122 cm³/mol. The van der Waals surface area contributed by atoms with Gasteiger partial charge >= 0.3 is 0 Å². The zero-order valence-corrected chi connectivity index (χ0v) is 18.7. The average Bonchev–Trinajstić information content (AvgIpc) is 2.71. The first-order valence-electron chi connectivity index (χ1n) is 9.25. The van der Waals surface area contributed by atoms with E-state index < -0.39 is 0 Å². The quantitative estimate of drug-likeness (QED) is 0.385. The number of nitrogens with zero attached hydrogens (tertiary/aromatic N) is 1. The fourth-order valence-corrected chi connectivity index (χ4v) is 3.55. The summed E-state index contributed by atoms with van der Waals surface area (Å²) in [5, 5.41) is 9.46. The molecule has 0 aliphatic carbocycles. The Morgan fingerprint density at radius 1 is 1.19 bits per heavy atom. The molecule has 1 atom stereocenters. The molecule has 0 bridgehead atoms. The summed E-state index contributed by atoms with van der Waals surface area (Å²) in [4.78, 5) is 4.39. The second-order valence-electron chi connectivity index (χ2n) is 6.86. The van der Waals surface area contributed by atoms with Crippen molar-refractivity contribution < 1.29 is 9.47 Å². The lowest BCUT2D eigenvalue weighted by Gasteiger charge is -2.36. The molecule has 6 heteroatoms. The van der Waals surface area contributed by atoms with Crippen molar-refractivity contribution in [1.82, 2.24) is 10.6 Å². The van der Waals surface area contributed by atoms with Crippen molar-refractivity contribution in [1.29, 1.82) is 0 Å². The monoisotopic (exact) mass is 483 g/mol. The number of ether oxygens (including phenoxy) is 2. The van der Waals surface area contributed by atoms with Gasteiger partial charge in [-0.2, -0.15) is 0 Å². The van der Waals surface area contributed by atoms with Crippen LogP contribution in [0.4, 0.5) is 0 Å². The number of rotatable bonds is 5. The van der Waals surface area contributed by atoms with E-state index in [2.05, 4.69) is 65.0 Å². The minimum atomic E-state index is -0.182. The van der Waals surface area contributed by atoms with Crippen molar-refractivity contribution in [2.45, 2.75) is 31.4 Å². The average molecular weight is 483 g/mol. The standard InChI is InChI=1S/C21H29N3O2.HI/c1-16(18-10-6-8-17-7-4-5-9-19(17)18)24-20(22-2)23-15-21(25-3)11-13-26-14-12-21;/h4-10,16H,11-15H2,1-3H3,(H2,22,23,24);1H. The molecule has 1 unspecified atom stereocenters. The lowest BCUT2D eigenvalue weighted by Crippen LogP contribution is -2.51. The van der Waals surface area contributed by atoms with Gasteiger partial charge < -0.3 is 20.1 Å². The van der Waals surface area contributed by atoms with E-state index in [9.17, 15) is 0 Å². The fraction of sp³-hybridized carbons (Fsp3) is 0.476. The van der Waals surface area contributed by atoms with Gasteiger partial charge in [-0.15, -0.1) is 24.0 Å². The molecule has 2 N–H and O–H groups in total. The van der Waals surface area contributed by atoms with E-state index >= 15 is 0 Å². The van der Waals surface area contributed by atoms with Crippen LogP contribution in [0.1, 0.15) is 31.4 Å². The molecule has 1 aliphatic heterocycles. The Labute approximate surface area is 178 Å². The molecule has 0 spiro atoms. The Bertz CT molecular complexity index is 755. The van der Waals surface area contributed by atoms with Crippen LogP contribution in [0.5, 0.6) is 0 Å². The van der Waals surface area contributed by atoms with E-state index in [4.69, 9.17) is 9.47 Å². The summed E-state index contributed by atoms with van der Waals surface area (Å²) in [7, 11) is 3.58. The van der Waals surface area contributed by atoms with E-state index in [0.29, 0.717) is 0 Å². The summed E-state index contributed by atoms with van der Waals surface area (Å²) in [6.07, 6.45) is 1.79. The Kier molecular flexibility index (Phi) is 8.31. The van der Waals surface area contributed by atoms with Crippen LogP contribution in [0.25, 0.3) is 10.8 Å². The van der Waals surface area contributed by atoms with Gasteiger partial charge in [0.1, 0.15) is 0 Å². The molecule has 1 fully saturated rings. The lowest BCUT2D eigenvalue weighted by molar-refractivity contribution is -0.0855. The van der Waals surface area contributed by atoms with Gasteiger partial charge in [0.25, 0.3) is 0 Å². The molecular weight excluding hydrogens is 453 g/mol. The molecule has 2 aromatic carbocycles. The fourth-order valence-electron chi connectivity index (χ4n) is 3.55. The number of halogens is 1.